The Balaban J connectivity index is 2.30. The fourth-order valence-electron chi connectivity index (χ4n) is 0.773. The fourth-order valence-corrected chi connectivity index (χ4v) is 0.773. The summed E-state index contributed by atoms with van der Waals surface area (Å²) in [6.45, 7) is 0. The van der Waals surface area contributed by atoms with Crippen LogP contribution in [0.4, 0.5) is 0 Å². The van der Waals surface area contributed by atoms with Gasteiger partial charge in [0.05, 0.1) is 7.11 Å². The first-order valence-corrected chi connectivity index (χ1v) is 3.14. The molecule has 1 fully saturated rings. The highest BCUT2D eigenvalue weighted by molar-refractivity contribution is 5.85. The summed E-state index contributed by atoms with van der Waals surface area (Å²) >= 11 is 0. The quantitative estimate of drug-likeness (QED) is 0.335. The van der Waals surface area contributed by atoms with Crippen molar-refractivity contribution in [3.05, 3.63) is 0 Å². The van der Waals surface area contributed by atoms with Gasteiger partial charge < -0.3 is 0 Å². The second-order valence-electron chi connectivity index (χ2n) is 2.19. The van der Waals surface area contributed by atoms with Gasteiger partial charge in [-0.1, -0.05) is 0 Å². The van der Waals surface area contributed by atoms with Gasteiger partial charge >= 0.3 is 0 Å². The fraction of sp³-hybridized carbons (Fsp3) is 0.833. The highest BCUT2D eigenvalue weighted by atomic mass is 16.6. The van der Waals surface area contributed by atoms with E-state index in [4.69, 9.17) is 4.84 Å². The summed E-state index contributed by atoms with van der Waals surface area (Å²) in [5.41, 5.74) is 2.74. The van der Waals surface area contributed by atoms with E-state index in [1.54, 1.807) is 14.2 Å². The molecule has 0 radical (unpaired) electrons. The van der Waals surface area contributed by atoms with Crippen LogP contribution in [0.1, 0.15) is 12.8 Å². The minimum absolute atomic E-state index is 0.648. The van der Waals surface area contributed by atoms with Gasteiger partial charge in [-0.25, -0.2) is 0 Å². The van der Waals surface area contributed by atoms with E-state index in [-0.39, 0.29) is 0 Å². The smallest absolute Gasteiger partial charge is 0.123 e. The molecule has 1 saturated carbocycles. The maximum atomic E-state index is 4.72. The number of aliphatic imine (C=N–C) groups is 1. The predicted molar refractivity (Wildman–Crippen MR) is 36.2 cm³/mol. The largest absolute Gasteiger partial charge is 0.278 e. The average Bonchev–Trinajstić information content (AvgIpc) is 2.64. The lowest BCUT2D eigenvalue weighted by Crippen LogP contribution is -2.23. The van der Waals surface area contributed by atoms with E-state index >= 15 is 0 Å². The maximum Gasteiger partial charge on any atom is 0.123 e. The summed E-state index contributed by atoms with van der Waals surface area (Å²) in [6, 6.07) is 0. The van der Waals surface area contributed by atoms with Crippen molar-refractivity contribution in [1.82, 2.24) is 5.48 Å². The van der Waals surface area contributed by atoms with Crippen LogP contribution in [-0.4, -0.2) is 20.0 Å². The van der Waals surface area contributed by atoms with E-state index in [1.807, 2.05) is 0 Å². The Hall–Kier alpha value is -0.570. The molecule has 1 aliphatic carbocycles. The molecule has 0 unspecified atom stereocenters. The molecule has 1 N–H and O–H groups in total. The van der Waals surface area contributed by atoms with Crippen molar-refractivity contribution in [3.8, 4) is 0 Å². The van der Waals surface area contributed by atoms with E-state index in [1.165, 1.54) is 12.8 Å². The minimum Gasteiger partial charge on any atom is -0.278 e. The van der Waals surface area contributed by atoms with E-state index in [9.17, 15) is 0 Å². The Morgan fingerprint density at radius 3 is 2.67 bits per heavy atom. The monoisotopic (exact) mass is 128 g/mol. The van der Waals surface area contributed by atoms with E-state index < -0.39 is 0 Å². The van der Waals surface area contributed by atoms with Crippen LogP contribution in [0.25, 0.3) is 0 Å². The molecule has 0 aromatic heterocycles. The van der Waals surface area contributed by atoms with Gasteiger partial charge in [0.25, 0.3) is 0 Å². The van der Waals surface area contributed by atoms with Crippen LogP contribution in [0, 0.1) is 5.92 Å². The minimum atomic E-state index is 0.648. The number of nitrogens with one attached hydrogen (secondary N) is 1. The standard InChI is InChI=1S/C6H12N2O/c1-7-6(8-9-2)5-3-4-5/h5H,3-4H2,1-2H3,(H,7,8). The molecule has 0 saturated heterocycles. The highest BCUT2D eigenvalue weighted by Crippen LogP contribution is 2.29. The van der Waals surface area contributed by atoms with Gasteiger partial charge in [0.15, 0.2) is 0 Å². The van der Waals surface area contributed by atoms with Crippen molar-refractivity contribution in [1.29, 1.82) is 0 Å². The van der Waals surface area contributed by atoms with Crippen LogP contribution >= 0.6 is 0 Å². The predicted octanol–water partition coefficient (Wildman–Crippen LogP) is 0.576. The van der Waals surface area contributed by atoms with Gasteiger partial charge in [0.2, 0.25) is 0 Å². The lowest BCUT2D eigenvalue weighted by atomic mass is 10.4. The molecule has 52 valence electrons. The second kappa shape index (κ2) is 2.82. The normalized spacial score (nSPS) is 20.0. The average molecular weight is 128 g/mol. The molecule has 0 amide bonds. The number of hydrogen-bond acceptors (Lipinski definition) is 2. The lowest BCUT2D eigenvalue weighted by molar-refractivity contribution is 0.142. The molecule has 0 bridgehead atoms. The van der Waals surface area contributed by atoms with Crippen molar-refractivity contribution >= 4 is 5.84 Å². The summed E-state index contributed by atoms with van der Waals surface area (Å²) in [7, 11) is 3.38. The third-order valence-corrected chi connectivity index (χ3v) is 1.41. The zero-order valence-electron chi connectivity index (χ0n) is 5.85. The van der Waals surface area contributed by atoms with E-state index in [0.717, 1.165) is 5.84 Å². The lowest BCUT2D eigenvalue weighted by Gasteiger charge is -2.02. The summed E-state index contributed by atoms with van der Waals surface area (Å²) in [6.07, 6.45) is 2.51. The first-order chi connectivity index (χ1) is 4.38. The number of nitrogens with zero attached hydrogens (tertiary/aromatic N) is 1. The van der Waals surface area contributed by atoms with E-state index in [2.05, 4.69) is 10.5 Å². The molecule has 0 aromatic carbocycles. The van der Waals surface area contributed by atoms with Gasteiger partial charge in [-0.05, 0) is 12.8 Å². The van der Waals surface area contributed by atoms with Crippen LogP contribution in [-0.2, 0) is 4.84 Å². The molecule has 1 rings (SSSR count). The van der Waals surface area contributed by atoms with Crippen LogP contribution in [0.5, 0.6) is 0 Å². The van der Waals surface area contributed by atoms with Gasteiger partial charge in [0.1, 0.15) is 5.84 Å². The summed E-state index contributed by atoms with van der Waals surface area (Å²) in [4.78, 5) is 8.74. The SMILES string of the molecule is CN=C(NOC)C1CC1. The molecule has 0 aromatic rings. The van der Waals surface area contributed by atoms with Gasteiger partial charge in [-0.3, -0.25) is 15.3 Å². The maximum absolute atomic E-state index is 4.72. The number of hydrogen-bond donors (Lipinski definition) is 1. The summed E-state index contributed by atoms with van der Waals surface area (Å²) in [5.74, 6) is 1.63. The molecular formula is C6H12N2O. The van der Waals surface area contributed by atoms with Crippen molar-refractivity contribution in [2.24, 2.45) is 10.9 Å². The van der Waals surface area contributed by atoms with Crippen LogP contribution in [0.2, 0.25) is 0 Å². The zero-order chi connectivity index (χ0) is 6.69. The molecule has 3 nitrogen and oxygen atoms in total. The molecule has 0 spiro atoms. The van der Waals surface area contributed by atoms with Crippen LogP contribution in [0.3, 0.4) is 0 Å². The van der Waals surface area contributed by atoms with Crippen LogP contribution in [0.15, 0.2) is 4.99 Å². The Morgan fingerprint density at radius 1 is 1.67 bits per heavy atom. The molecule has 0 aliphatic heterocycles. The topological polar surface area (TPSA) is 33.6 Å². The van der Waals surface area contributed by atoms with Crippen molar-refractivity contribution in [2.75, 3.05) is 14.2 Å². The van der Waals surface area contributed by atoms with Gasteiger partial charge in [0, 0.05) is 13.0 Å². The van der Waals surface area contributed by atoms with Gasteiger partial charge in [-0.15, -0.1) is 0 Å². The number of hydroxylamine groups is 1. The Bertz CT molecular complexity index is 118. The highest BCUT2D eigenvalue weighted by Gasteiger charge is 2.26. The first-order valence-electron chi connectivity index (χ1n) is 3.14. The van der Waals surface area contributed by atoms with Crippen molar-refractivity contribution in [2.45, 2.75) is 12.8 Å². The Labute approximate surface area is 55.1 Å². The Morgan fingerprint density at radius 2 is 2.33 bits per heavy atom. The van der Waals surface area contributed by atoms with E-state index in [0.29, 0.717) is 5.92 Å². The van der Waals surface area contributed by atoms with Crippen LogP contribution < -0.4 is 5.48 Å². The third-order valence-electron chi connectivity index (χ3n) is 1.41. The molecule has 0 heterocycles. The third kappa shape index (κ3) is 1.68. The molecule has 0 atom stereocenters. The summed E-state index contributed by atoms with van der Waals surface area (Å²) < 4.78 is 0. The molecule has 1 aliphatic rings. The summed E-state index contributed by atoms with van der Waals surface area (Å²) in [5, 5.41) is 0. The van der Waals surface area contributed by atoms with Crippen molar-refractivity contribution < 1.29 is 4.84 Å². The molecular weight excluding hydrogens is 116 g/mol. The number of rotatable bonds is 2. The van der Waals surface area contributed by atoms with Gasteiger partial charge in [-0.2, -0.15) is 0 Å². The Kier molecular flexibility index (Phi) is 2.05. The first kappa shape index (κ1) is 6.55. The number of amidine groups is 1. The van der Waals surface area contributed by atoms with Crippen molar-refractivity contribution in [3.63, 3.8) is 0 Å². The second-order valence-corrected chi connectivity index (χ2v) is 2.19. The molecule has 3 heteroatoms. The zero-order valence-corrected chi connectivity index (χ0v) is 5.85. The molecule has 9 heavy (non-hydrogen) atoms.